The minimum Gasteiger partial charge on any atom is -0.497 e. The van der Waals surface area contributed by atoms with E-state index in [2.05, 4.69) is 12.1 Å². The molecule has 1 heterocycles. The van der Waals surface area contributed by atoms with E-state index >= 15 is 0 Å². The van der Waals surface area contributed by atoms with Crippen molar-refractivity contribution in [3.63, 3.8) is 0 Å². The van der Waals surface area contributed by atoms with Crippen LogP contribution in [-0.2, 0) is 0 Å². The van der Waals surface area contributed by atoms with E-state index in [0.717, 1.165) is 29.1 Å². The number of hydrogen-bond acceptors (Lipinski definition) is 4. The Bertz CT molecular complexity index is 606. The number of nitrogen functional groups attached to an aromatic ring is 1. The van der Waals surface area contributed by atoms with Crippen LogP contribution in [0.1, 0.15) is 37.9 Å². The van der Waals surface area contributed by atoms with E-state index in [4.69, 9.17) is 15.0 Å². The highest BCUT2D eigenvalue weighted by atomic mass is 16.5. The van der Waals surface area contributed by atoms with Crippen molar-refractivity contribution in [3.8, 4) is 16.9 Å². The number of ether oxygens (including phenoxy) is 1. The van der Waals surface area contributed by atoms with Gasteiger partial charge in [-0.05, 0) is 36.5 Å². The smallest absolute Gasteiger partial charge is 0.175 e. The molecular formula is C16H20N2O2. The lowest BCUT2D eigenvalue weighted by Gasteiger charge is -2.14. The number of benzene rings is 1. The van der Waals surface area contributed by atoms with Crippen LogP contribution >= 0.6 is 0 Å². The maximum absolute atomic E-state index is 6.03. The summed E-state index contributed by atoms with van der Waals surface area (Å²) in [6, 6.07) is 7.88. The van der Waals surface area contributed by atoms with E-state index in [9.17, 15) is 0 Å². The van der Waals surface area contributed by atoms with Gasteiger partial charge >= 0.3 is 0 Å². The van der Waals surface area contributed by atoms with Crippen LogP contribution in [0, 0.1) is 5.92 Å². The van der Waals surface area contributed by atoms with Crippen LogP contribution in [0.2, 0.25) is 0 Å². The van der Waals surface area contributed by atoms with Gasteiger partial charge in [0.05, 0.1) is 12.7 Å². The molecule has 0 radical (unpaired) electrons. The number of anilines is 1. The highest BCUT2D eigenvalue weighted by molar-refractivity contribution is 5.76. The fourth-order valence-electron chi connectivity index (χ4n) is 3.17. The predicted molar refractivity (Wildman–Crippen MR) is 78.7 cm³/mol. The predicted octanol–water partition coefficient (Wildman–Crippen LogP) is 3.84. The largest absolute Gasteiger partial charge is 0.497 e. The fourth-order valence-corrected chi connectivity index (χ4v) is 3.17. The average molecular weight is 272 g/mol. The van der Waals surface area contributed by atoms with Crippen molar-refractivity contribution < 1.29 is 9.26 Å². The first kappa shape index (κ1) is 13.0. The fraction of sp³-hybridized carbons (Fsp3) is 0.438. The van der Waals surface area contributed by atoms with E-state index in [0.29, 0.717) is 17.7 Å². The van der Waals surface area contributed by atoms with Crippen LogP contribution in [0.4, 0.5) is 5.82 Å². The van der Waals surface area contributed by atoms with Crippen LogP contribution in [0.15, 0.2) is 28.8 Å². The molecule has 0 spiro atoms. The maximum atomic E-state index is 6.03. The number of nitrogens with zero attached hydrogens (tertiary/aromatic N) is 1. The van der Waals surface area contributed by atoms with Crippen LogP contribution in [0.25, 0.3) is 11.1 Å². The van der Waals surface area contributed by atoms with Gasteiger partial charge in [0.15, 0.2) is 5.82 Å². The highest BCUT2D eigenvalue weighted by Crippen LogP contribution is 2.45. The molecule has 1 fully saturated rings. The molecule has 0 amide bonds. The number of hydrogen-bond donors (Lipinski definition) is 1. The molecule has 2 atom stereocenters. The van der Waals surface area contributed by atoms with Gasteiger partial charge in [0.2, 0.25) is 0 Å². The summed E-state index contributed by atoms with van der Waals surface area (Å²) < 4.78 is 10.8. The van der Waals surface area contributed by atoms with Gasteiger partial charge in [-0.25, -0.2) is 0 Å². The van der Waals surface area contributed by atoms with Crippen molar-refractivity contribution in [1.82, 2.24) is 5.16 Å². The molecule has 4 nitrogen and oxygen atoms in total. The Labute approximate surface area is 118 Å². The molecule has 106 valence electrons. The lowest BCUT2D eigenvalue weighted by molar-refractivity contribution is 0.341. The van der Waals surface area contributed by atoms with Gasteiger partial charge in [-0.15, -0.1) is 0 Å². The molecular weight excluding hydrogens is 252 g/mol. The van der Waals surface area contributed by atoms with E-state index in [1.165, 1.54) is 12.8 Å². The molecule has 1 saturated carbocycles. The van der Waals surface area contributed by atoms with Crippen LogP contribution < -0.4 is 10.5 Å². The number of rotatable bonds is 3. The zero-order valence-corrected chi connectivity index (χ0v) is 11.9. The van der Waals surface area contributed by atoms with Gasteiger partial charge in [-0.2, -0.15) is 0 Å². The van der Waals surface area contributed by atoms with Crippen LogP contribution in [-0.4, -0.2) is 12.3 Å². The van der Waals surface area contributed by atoms with Gasteiger partial charge < -0.3 is 15.0 Å². The first-order chi connectivity index (χ1) is 9.70. The molecule has 0 aliphatic heterocycles. The highest BCUT2D eigenvalue weighted by Gasteiger charge is 2.32. The summed E-state index contributed by atoms with van der Waals surface area (Å²) in [5, 5.41) is 3.99. The topological polar surface area (TPSA) is 61.3 Å². The maximum Gasteiger partial charge on any atom is 0.175 e. The lowest BCUT2D eigenvalue weighted by atomic mass is 9.90. The Morgan fingerprint density at radius 2 is 2.20 bits per heavy atom. The van der Waals surface area contributed by atoms with Gasteiger partial charge in [0.25, 0.3) is 0 Å². The second-order valence-electron chi connectivity index (χ2n) is 5.55. The van der Waals surface area contributed by atoms with Crippen molar-refractivity contribution in [3.05, 3.63) is 30.0 Å². The molecule has 0 saturated heterocycles. The number of nitrogens with two attached hydrogens (primary N) is 1. The minimum absolute atomic E-state index is 0.418. The molecule has 2 N–H and O–H groups in total. The third kappa shape index (κ3) is 2.15. The summed E-state index contributed by atoms with van der Waals surface area (Å²) in [6.07, 6.45) is 3.62. The van der Waals surface area contributed by atoms with Crippen molar-refractivity contribution in [2.24, 2.45) is 5.92 Å². The van der Waals surface area contributed by atoms with Crippen molar-refractivity contribution in [2.75, 3.05) is 12.8 Å². The molecule has 1 aromatic carbocycles. The Balaban J connectivity index is 2.06. The minimum atomic E-state index is 0.418. The van der Waals surface area contributed by atoms with Crippen molar-refractivity contribution >= 4 is 5.82 Å². The standard InChI is InChI=1S/C16H20N2O2/c1-10-5-3-8-13(10)15-14(16(17)18-20-15)11-6-4-7-12(9-11)19-2/h4,6-7,9-10,13H,3,5,8H2,1-2H3,(H2,17,18). The summed E-state index contributed by atoms with van der Waals surface area (Å²) in [4.78, 5) is 0. The Morgan fingerprint density at radius 1 is 1.35 bits per heavy atom. The average Bonchev–Trinajstić information content (AvgIpc) is 3.04. The molecule has 4 heteroatoms. The quantitative estimate of drug-likeness (QED) is 0.922. The monoisotopic (exact) mass is 272 g/mol. The molecule has 1 aliphatic rings. The second kappa shape index (κ2) is 5.19. The van der Waals surface area contributed by atoms with E-state index in [-0.39, 0.29) is 0 Å². The van der Waals surface area contributed by atoms with Crippen molar-refractivity contribution in [1.29, 1.82) is 0 Å². The molecule has 20 heavy (non-hydrogen) atoms. The zero-order valence-electron chi connectivity index (χ0n) is 11.9. The van der Waals surface area contributed by atoms with Crippen LogP contribution in [0.5, 0.6) is 5.75 Å². The summed E-state index contributed by atoms with van der Waals surface area (Å²) in [5.41, 5.74) is 7.98. The number of aromatic nitrogens is 1. The van der Waals surface area contributed by atoms with Crippen LogP contribution in [0.3, 0.4) is 0 Å². The van der Waals surface area contributed by atoms with Gasteiger partial charge in [0, 0.05) is 5.92 Å². The molecule has 1 aliphatic carbocycles. The molecule has 0 bridgehead atoms. The second-order valence-corrected chi connectivity index (χ2v) is 5.55. The van der Waals surface area contributed by atoms with Gasteiger partial charge in [0.1, 0.15) is 11.5 Å². The Morgan fingerprint density at radius 3 is 2.90 bits per heavy atom. The SMILES string of the molecule is COc1cccc(-c2c(N)noc2C2CCCC2C)c1. The summed E-state index contributed by atoms with van der Waals surface area (Å²) in [6.45, 7) is 2.27. The normalized spacial score (nSPS) is 22.1. The summed E-state index contributed by atoms with van der Waals surface area (Å²) in [5.74, 6) is 3.24. The van der Waals surface area contributed by atoms with Crippen molar-refractivity contribution in [2.45, 2.75) is 32.1 Å². The van der Waals surface area contributed by atoms with E-state index in [1.807, 2.05) is 24.3 Å². The first-order valence-corrected chi connectivity index (χ1v) is 7.10. The van der Waals surface area contributed by atoms with Gasteiger partial charge in [-0.3, -0.25) is 0 Å². The molecule has 2 aromatic rings. The number of methoxy groups -OCH3 is 1. The molecule has 1 aromatic heterocycles. The van der Waals surface area contributed by atoms with Gasteiger partial charge in [-0.1, -0.05) is 30.6 Å². The van der Waals surface area contributed by atoms with E-state index in [1.54, 1.807) is 7.11 Å². The Hall–Kier alpha value is -1.97. The molecule has 3 rings (SSSR count). The molecule has 2 unspecified atom stereocenters. The summed E-state index contributed by atoms with van der Waals surface area (Å²) >= 11 is 0. The lowest BCUT2D eigenvalue weighted by Crippen LogP contribution is -2.02. The summed E-state index contributed by atoms with van der Waals surface area (Å²) in [7, 11) is 1.66. The van der Waals surface area contributed by atoms with E-state index < -0.39 is 0 Å². The first-order valence-electron chi connectivity index (χ1n) is 7.10. The zero-order chi connectivity index (χ0) is 14.1. The third-order valence-corrected chi connectivity index (χ3v) is 4.30. The third-order valence-electron chi connectivity index (χ3n) is 4.30. The Kier molecular flexibility index (Phi) is 3.38.